The lowest BCUT2D eigenvalue weighted by atomic mass is 9.96. The van der Waals surface area contributed by atoms with Crippen LogP contribution in [-0.2, 0) is 24.9 Å². The molecule has 1 aliphatic carbocycles. The summed E-state index contributed by atoms with van der Waals surface area (Å²) >= 11 is 0. The monoisotopic (exact) mass is 354 g/mol. The highest BCUT2D eigenvalue weighted by molar-refractivity contribution is 5.84. The molecule has 1 saturated carbocycles. The standard InChI is InChI=1S/C19H22N4O3/c1-22-10-20-15-9-23(7-12-2-5-16-17(6-12)26-11-25-16)8-14(18(15)22)19(24)21-13-3-4-13/h2,5-6,10,13-14H,3-4,7-9,11H2,1H3,(H,21,24). The number of carbonyl (C=O) groups excluding carboxylic acids is 1. The summed E-state index contributed by atoms with van der Waals surface area (Å²) in [4.78, 5) is 19.6. The van der Waals surface area contributed by atoms with E-state index >= 15 is 0 Å². The number of aromatic nitrogens is 2. The molecule has 2 aliphatic heterocycles. The van der Waals surface area contributed by atoms with Gasteiger partial charge in [0, 0.05) is 32.7 Å². The molecule has 26 heavy (non-hydrogen) atoms. The van der Waals surface area contributed by atoms with E-state index in [1.807, 2.05) is 30.1 Å². The summed E-state index contributed by atoms with van der Waals surface area (Å²) in [5.41, 5.74) is 3.19. The molecule has 7 nitrogen and oxygen atoms in total. The van der Waals surface area contributed by atoms with Crippen LogP contribution in [0.4, 0.5) is 0 Å². The van der Waals surface area contributed by atoms with Gasteiger partial charge in [-0.05, 0) is 30.5 Å². The van der Waals surface area contributed by atoms with E-state index in [1.165, 1.54) is 0 Å². The zero-order valence-corrected chi connectivity index (χ0v) is 14.8. The van der Waals surface area contributed by atoms with Gasteiger partial charge in [0.1, 0.15) is 0 Å². The molecule has 7 heteroatoms. The van der Waals surface area contributed by atoms with Crippen molar-refractivity contribution in [3.05, 3.63) is 41.5 Å². The first-order valence-electron chi connectivity index (χ1n) is 9.09. The molecular formula is C19H22N4O3. The second-order valence-electron chi connectivity index (χ2n) is 7.38. The van der Waals surface area contributed by atoms with E-state index in [9.17, 15) is 4.79 Å². The van der Waals surface area contributed by atoms with Crippen LogP contribution in [0, 0.1) is 0 Å². The van der Waals surface area contributed by atoms with Crippen LogP contribution < -0.4 is 14.8 Å². The van der Waals surface area contributed by atoms with Gasteiger partial charge in [-0.3, -0.25) is 9.69 Å². The number of imidazole rings is 1. The van der Waals surface area contributed by atoms with Crippen molar-refractivity contribution >= 4 is 5.91 Å². The molecule has 136 valence electrons. The molecule has 1 unspecified atom stereocenters. The second kappa shape index (κ2) is 6.02. The molecule has 0 saturated heterocycles. The summed E-state index contributed by atoms with van der Waals surface area (Å²) in [5.74, 6) is 1.52. The minimum absolute atomic E-state index is 0.118. The van der Waals surface area contributed by atoms with Crippen LogP contribution in [-0.4, -0.2) is 39.7 Å². The molecule has 2 aromatic rings. The lowest BCUT2D eigenvalue weighted by Crippen LogP contribution is -2.42. The minimum Gasteiger partial charge on any atom is -0.454 e. The van der Waals surface area contributed by atoms with Gasteiger partial charge < -0.3 is 19.4 Å². The van der Waals surface area contributed by atoms with Gasteiger partial charge in [-0.25, -0.2) is 4.98 Å². The SMILES string of the molecule is Cn1cnc2c1C(C(=O)NC1CC1)CN(Cc1ccc3c(c1)OCO3)C2. The Hall–Kier alpha value is -2.54. The minimum atomic E-state index is -0.180. The Kier molecular flexibility index (Phi) is 3.63. The van der Waals surface area contributed by atoms with Gasteiger partial charge in [-0.15, -0.1) is 0 Å². The zero-order chi connectivity index (χ0) is 17.7. The molecule has 1 fully saturated rings. The van der Waals surface area contributed by atoms with Crippen LogP contribution in [0.2, 0.25) is 0 Å². The van der Waals surface area contributed by atoms with E-state index in [-0.39, 0.29) is 18.6 Å². The lowest BCUT2D eigenvalue weighted by molar-refractivity contribution is -0.123. The first-order valence-corrected chi connectivity index (χ1v) is 9.09. The van der Waals surface area contributed by atoms with Crippen molar-refractivity contribution < 1.29 is 14.3 Å². The Morgan fingerprint density at radius 1 is 1.31 bits per heavy atom. The van der Waals surface area contributed by atoms with Gasteiger partial charge in [-0.2, -0.15) is 0 Å². The normalized spacial score (nSPS) is 21.5. The van der Waals surface area contributed by atoms with E-state index in [0.717, 1.165) is 54.4 Å². The van der Waals surface area contributed by atoms with Gasteiger partial charge in [-0.1, -0.05) is 6.07 Å². The number of rotatable bonds is 4. The summed E-state index contributed by atoms with van der Waals surface area (Å²) in [6.45, 7) is 2.47. The van der Waals surface area contributed by atoms with Gasteiger partial charge >= 0.3 is 0 Å². The summed E-state index contributed by atoms with van der Waals surface area (Å²) in [7, 11) is 1.97. The smallest absolute Gasteiger partial charge is 0.231 e. The molecule has 5 rings (SSSR count). The topological polar surface area (TPSA) is 68.6 Å². The Morgan fingerprint density at radius 3 is 3.00 bits per heavy atom. The predicted octanol–water partition coefficient (Wildman–Crippen LogP) is 1.53. The number of carbonyl (C=O) groups is 1. The van der Waals surface area contributed by atoms with Crippen LogP contribution in [0.5, 0.6) is 11.5 Å². The lowest BCUT2D eigenvalue weighted by Gasteiger charge is -2.32. The average molecular weight is 354 g/mol. The number of hydrogen-bond donors (Lipinski definition) is 1. The fourth-order valence-corrected chi connectivity index (χ4v) is 3.83. The number of nitrogens with zero attached hydrogens (tertiary/aromatic N) is 3. The summed E-state index contributed by atoms with van der Waals surface area (Å²) < 4.78 is 12.9. The highest BCUT2D eigenvalue weighted by Crippen LogP contribution is 2.34. The van der Waals surface area contributed by atoms with Crippen molar-refractivity contribution in [1.29, 1.82) is 0 Å². The number of nitrogens with one attached hydrogen (secondary N) is 1. The summed E-state index contributed by atoms with van der Waals surface area (Å²) in [6.07, 6.45) is 4.00. The van der Waals surface area contributed by atoms with E-state index in [0.29, 0.717) is 12.6 Å². The fraction of sp³-hybridized carbons (Fsp3) is 0.474. The predicted molar refractivity (Wildman–Crippen MR) is 93.8 cm³/mol. The Bertz CT molecular complexity index is 858. The van der Waals surface area contributed by atoms with Crippen molar-refractivity contribution in [1.82, 2.24) is 19.8 Å². The number of ether oxygens (including phenoxy) is 2. The molecule has 1 aromatic carbocycles. The van der Waals surface area contributed by atoms with Crippen molar-refractivity contribution in [2.45, 2.75) is 37.9 Å². The fourth-order valence-electron chi connectivity index (χ4n) is 3.83. The van der Waals surface area contributed by atoms with Gasteiger partial charge in [0.25, 0.3) is 0 Å². The van der Waals surface area contributed by atoms with E-state index in [2.05, 4.69) is 21.3 Å². The van der Waals surface area contributed by atoms with Gasteiger partial charge in [0.15, 0.2) is 11.5 Å². The van der Waals surface area contributed by atoms with Gasteiger partial charge in [0.2, 0.25) is 12.7 Å². The molecular weight excluding hydrogens is 332 g/mol. The third-order valence-corrected chi connectivity index (χ3v) is 5.29. The zero-order valence-electron chi connectivity index (χ0n) is 14.8. The van der Waals surface area contributed by atoms with Crippen LogP contribution in [0.1, 0.15) is 35.7 Å². The number of aryl methyl sites for hydroxylation is 1. The molecule has 0 bridgehead atoms. The van der Waals surface area contributed by atoms with E-state index in [4.69, 9.17) is 9.47 Å². The van der Waals surface area contributed by atoms with Crippen LogP contribution >= 0.6 is 0 Å². The number of hydrogen-bond acceptors (Lipinski definition) is 5. The van der Waals surface area contributed by atoms with Crippen molar-refractivity contribution in [3.8, 4) is 11.5 Å². The Balaban J connectivity index is 1.37. The Labute approximate surface area is 151 Å². The van der Waals surface area contributed by atoms with Gasteiger partial charge in [0.05, 0.1) is 23.6 Å². The van der Waals surface area contributed by atoms with Crippen molar-refractivity contribution in [2.75, 3.05) is 13.3 Å². The number of amides is 1. The molecule has 1 amide bonds. The molecule has 3 aliphatic rings. The highest BCUT2D eigenvalue weighted by Gasteiger charge is 2.36. The maximum absolute atomic E-state index is 12.8. The number of fused-ring (bicyclic) bond motifs is 2. The van der Waals surface area contributed by atoms with E-state index in [1.54, 1.807) is 0 Å². The quantitative estimate of drug-likeness (QED) is 0.902. The third kappa shape index (κ3) is 2.82. The summed E-state index contributed by atoms with van der Waals surface area (Å²) in [6, 6.07) is 6.39. The molecule has 0 spiro atoms. The largest absolute Gasteiger partial charge is 0.454 e. The third-order valence-electron chi connectivity index (χ3n) is 5.29. The van der Waals surface area contributed by atoms with Crippen LogP contribution in [0.25, 0.3) is 0 Å². The maximum Gasteiger partial charge on any atom is 0.231 e. The molecule has 3 heterocycles. The first-order chi connectivity index (χ1) is 12.7. The molecule has 1 aromatic heterocycles. The number of benzene rings is 1. The van der Waals surface area contributed by atoms with Crippen molar-refractivity contribution in [3.63, 3.8) is 0 Å². The van der Waals surface area contributed by atoms with Crippen LogP contribution in [0.3, 0.4) is 0 Å². The maximum atomic E-state index is 12.8. The Morgan fingerprint density at radius 2 is 2.15 bits per heavy atom. The van der Waals surface area contributed by atoms with E-state index < -0.39 is 0 Å². The molecule has 0 radical (unpaired) electrons. The highest BCUT2D eigenvalue weighted by atomic mass is 16.7. The van der Waals surface area contributed by atoms with Crippen molar-refractivity contribution in [2.24, 2.45) is 7.05 Å². The molecule has 1 atom stereocenters. The molecule has 1 N–H and O–H groups in total. The average Bonchev–Trinajstić information content (AvgIpc) is 3.19. The van der Waals surface area contributed by atoms with Crippen LogP contribution in [0.15, 0.2) is 24.5 Å². The first kappa shape index (κ1) is 15.7. The summed E-state index contributed by atoms with van der Waals surface area (Å²) in [5, 5.41) is 3.16. The second-order valence-corrected chi connectivity index (χ2v) is 7.38.